The molecule has 118 valence electrons. The number of amides is 1. The summed E-state index contributed by atoms with van der Waals surface area (Å²) in [5.74, 6) is -0.566. The first-order valence-corrected chi connectivity index (χ1v) is 6.85. The van der Waals surface area contributed by atoms with Gasteiger partial charge in [0.2, 0.25) is 5.91 Å². The first-order chi connectivity index (χ1) is 9.57. The van der Waals surface area contributed by atoms with Crippen LogP contribution in [0.15, 0.2) is 18.2 Å². The zero-order valence-corrected chi connectivity index (χ0v) is 13.2. The minimum Gasteiger partial charge on any atom is -0.384 e. The fourth-order valence-corrected chi connectivity index (χ4v) is 2.59. The molecule has 1 fully saturated rings. The summed E-state index contributed by atoms with van der Waals surface area (Å²) in [5.41, 5.74) is 0.487. The predicted molar refractivity (Wildman–Crippen MR) is 83.4 cm³/mol. The highest BCUT2D eigenvalue weighted by Crippen LogP contribution is 2.31. The van der Waals surface area contributed by atoms with Crippen molar-refractivity contribution in [2.75, 3.05) is 32.1 Å². The van der Waals surface area contributed by atoms with Crippen LogP contribution >= 0.6 is 12.4 Å². The molecule has 1 aromatic rings. The Balaban J connectivity index is 0.00000220. The number of nitrogens with one attached hydrogen (secondary N) is 2. The highest BCUT2D eigenvalue weighted by molar-refractivity contribution is 5.95. The van der Waals surface area contributed by atoms with Gasteiger partial charge in [-0.05, 0) is 50.6 Å². The van der Waals surface area contributed by atoms with Crippen LogP contribution in [0.5, 0.6) is 0 Å². The second-order valence-corrected chi connectivity index (χ2v) is 5.40. The van der Waals surface area contributed by atoms with Crippen LogP contribution in [-0.2, 0) is 9.53 Å². The summed E-state index contributed by atoms with van der Waals surface area (Å²) >= 11 is 0. The number of hydrogen-bond donors (Lipinski definition) is 2. The molecule has 0 aliphatic carbocycles. The Kier molecular flexibility index (Phi) is 6.58. The first kappa shape index (κ1) is 17.9. The molecule has 0 atom stereocenters. The van der Waals surface area contributed by atoms with Crippen LogP contribution in [0.2, 0.25) is 0 Å². The molecule has 0 saturated carbocycles. The highest BCUT2D eigenvalue weighted by atomic mass is 35.5. The number of piperidine rings is 1. The number of aryl methyl sites for hydroxylation is 1. The van der Waals surface area contributed by atoms with Crippen LogP contribution in [-0.4, -0.2) is 32.7 Å². The number of halogens is 2. The zero-order chi connectivity index (χ0) is 14.6. The lowest BCUT2D eigenvalue weighted by atomic mass is 9.78. The zero-order valence-electron chi connectivity index (χ0n) is 12.4. The van der Waals surface area contributed by atoms with Gasteiger partial charge in [0.25, 0.3) is 0 Å². The maximum atomic E-state index is 13.8. The molecule has 0 bridgehead atoms. The molecule has 1 heterocycles. The lowest BCUT2D eigenvalue weighted by Gasteiger charge is -2.35. The third-order valence-corrected chi connectivity index (χ3v) is 3.84. The minimum absolute atomic E-state index is 0. The number of benzene rings is 1. The van der Waals surface area contributed by atoms with Gasteiger partial charge in [-0.15, -0.1) is 12.4 Å². The van der Waals surface area contributed by atoms with Gasteiger partial charge in [-0.3, -0.25) is 4.79 Å². The molecule has 1 aromatic carbocycles. The van der Waals surface area contributed by atoms with Gasteiger partial charge in [0.1, 0.15) is 5.82 Å². The summed E-state index contributed by atoms with van der Waals surface area (Å²) in [6, 6.07) is 4.80. The molecule has 0 aromatic heterocycles. The minimum atomic E-state index is -0.572. The van der Waals surface area contributed by atoms with Gasteiger partial charge in [-0.2, -0.15) is 0 Å². The fourth-order valence-electron chi connectivity index (χ4n) is 2.59. The Bertz CT molecular complexity index is 485. The van der Waals surface area contributed by atoms with Crippen molar-refractivity contribution in [1.29, 1.82) is 0 Å². The summed E-state index contributed by atoms with van der Waals surface area (Å²) in [6.07, 6.45) is 1.39. The molecule has 6 heteroatoms. The van der Waals surface area contributed by atoms with E-state index in [2.05, 4.69) is 10.6 Å². The molecule has 21 heavy (non-hydrogen) atoms. The van der Waals surface area contributed by atoms with Gasteiger partial charge in [0.05, 0.1) is 17.7 Å². The predicted octanol–water partition coefficient (Wildman–Crippen LogP) is 2.51. The molecule has 1 amide bonds. The molecular weight excluding hydrogens is 295 g/mol. The van der Waals surface area contributed by atoms with Crippen molar-refractivity contribution in [3.05, 3.63) is 29.6 Å². The summed E-state index contributed by atoms with van der Waals surface area (Å²) in [7, 11) is 1.59. The van der Waals surface area contributed by atoms with E-state index in [1.54, 1.807) is 19.2 Å². The van der Waals surface area contributed by atoms with Crippen molar-refractivity contribution in [3.8, 4) is 0 Å². The molecule has 2 rings (SSSR count). The maximum Gasteiger partial charge on any atom is 0.233 e. The van der Waals surface area contributed by atoms with E-state index in [4.69, 9.17) is 4.74 Å². The standard InChI is InChI=1S/C15H21FN2O2.ClH/c1-11-3-4-13(12(16)9-11)18-14(19)15(10-20-2)5-7-17-8-6-15;/h3-4,9,17H,5-8,10H2,1-2H3,(H,18,19);1H. The Morgan fingerprint density at radius 2 is 2.10 bits per heavy atom. The van der Waals surface area contributed by atoms with Gasteiger partial charge in [0.15, 0.2) is 0 Å². The van der Waals surface area contributed by atoms with E-state index in [0.717, 1.165) is 18.7 Å². The van der Waals surface area contributed by atoms with Crippen molar-refractivity contribution >= 4 is 24.0 Å². The van der Waals surface area contributed by atoms with E-state index < -0.39 is 11.2 Å². The second-order valence-electron chi connectivity index (χ2n) is 5.40. The molecule has 0 unspecified atom stereocenters. The van der Waals surface area contributed by atoms with Gasteiger partial charge in [0, 0.05) is 7.11 Å². The van der Waals surface area contributed by atoms with Gasteiger partial charge in [-0.1, -0.05) is 6.07 Å². The largest absolute Gasteiger partial charge is 0.384 e. The number of carbonyl (C=O) groups excluding carboxylic acids is 1. The number of carbonyl (C=O) groups is 1. The van der Waals surface area contributed by atoms with Crippen LogP contribution in [0.25, 0.3) is 0 Å². The highest BCUT2D eigenvalue weighted by Gasteiger charge is 2.39. The lowest BCUT2D eigenvalue weighted by Crippen LogP contribution is -2.47. The summed E-state index contributed by atoms with van der Waals surface area (Å²) in [5, 5.41) is 5.94. The van der Waals surface area contributed by atoms with E-state index in [1.807, 2.05) is 6.92 Å². The smallest absolute Gasteiger partial charge is 0.233 e. The summed E-state index contributed by atoms with van der Waals surface area (Å²) in [6.45, 7) is 3.71. The summed E-state index contributed by atoms with van der Waals surface area (Å²) < 4.78 is 19.0. The van der Waals surface area contributed by atoms with Crippen LogP contribution in [0.3, 0.4) is 0 Å². The van der Waals surface area contributed by atoms with Crippen molar-refractivity contribution in [2.24, 2.45) is 5.41 Å². The van der Waals surface area contributed by atoms with Gasteiger partial charge < -0.3 is 15.4 Å². The maximum absolute atomic E-state index is 13.8. The molecule has 1 aliphatic rings. The molecule has 0 spiro atoms. The van der Waals surface area contributed by atoms with Crippen molar-refractivity contribution in [3.63, 3.8) is 0 Å². The first-order valence-electron chi connectivity index (χ1n) is 6.85. The van der Waals surface area contributed by atoms with Crippen LogP contribution in [0.4, 0.5) is 10.1 Å². The summed E-state index contributed by atoms with van der Waals surface area (Å²) in [4.78, 5) is 12.5. The second kappa shape index (κ2) is 7.73. The number of ether oxygens (including phenoxy) is 1. The quantitative estimate of drug-likeness (QED) is 0.897. The molecule has 0 radical (unpaired) electrons. The Morgan fingerprint density at radius 1 is 1.43 bits per heavy atom. The normalized spacial score (nSPS) is 16.9. The Hall–Kier alpha value is -1.17. The molecule has 2 N–H and O–H groups in total. The monoisotopic (exact) mass is 316 g/mol. The van der Waals surface area contributed by atoms with E-state index in [1.165, 1.54) is 6.07 Å². The third kappa shape index (κ3) is 4.15. The van der Waals surface area contributed by atoms with E-state index >= 15 is 0 Å². The molecule has 1 aliphatic heterocycles. The number of rotatable bonds is 4. The van der Waals surface area contributed by atoms with Crippen LogP contribution in [0, 0.1) is 18.2 Å². The third-order valence-electron chi connectivity index (χ3n) is 3.84. The number of hydrogen-bond acceptors (Lipinski definition) is 3. The Morgan fingerprint density at radius 3 is 2.67 bits per heavy atom. The van der Waals surface area contributed by atoms with E-state index in [9.17, 15) is 9.18 Å². The molecular formula is C15H22ClFN2O2. The SMILES string of the molecule is COCC1(C(=O)Nc2ccc(C)cc2F)CCNCC1.Cl. The number of methoxy groups -OCH3 is 1. The van der Waals surface area contributed by atoms with Crippen molar-refractivity contribution in [1.82, 2.24) is 5.32 Å². The van der Waals surface area contributed by atoms with Crippen molar-refractivity contribution < 1.29 is 13.9 Å². The van der Waals surface area contributed by atoms with Crippen LogP contribution < -0.4 is 10.6 Å². The Labute approximate surface area is 130 Å². The number of anilines is 1. The molecule has 1 saturated heterocycles. The average molecular weight is 317 g/mol. The van der Waals surface area contributed by atoms with E-state index in [0.29, 0.717) is 19.4 Å². The topological polar surface area (TPSA) is 50.4 Å². The van der Waals surface area contributed by atoms with Crippen molar-refractivity contribution in [2.45, 2.75) is 19.8 Å². The molecule has 4 nitrogen and oxygen atoms in total. The fraction of sp³-hybridized carbons (Fsp3) is 0.533. The van der Waals surface area contributed by atoms with E-state index in [-0.39, 0.29) is 24.0 Å². The van der Waals surface area contributed by atoms with Gasteiger partial charge in [-0.25, -0.2) is 4.39 Å². The van der Waals surface area contributed by atoms with Gasteiger partial charge >= 0.3 is 0 Å². The average Bonchev–Trinajstić information content (AvgIpc) is 2.43. The van der Waals surface area contributed by atoms with Crippen LogP contribution in [0.1, 0.15) is 18.4 Å². The lowest BCUT2D eigenvalue weighted by molar-refractivity contribution is -0.130.